The van der Waals surface area contributed by atoms with Crippen molar-refractivity contribution in [3.05, 3.63) is 34.2 Å². The second kappa shape index (κ2) is 5.05. The van der Waals surface area contributed by atoms with Gasteiger partial charge in [-0.05, 0) is 24.8 Å². The quantitative estimate of drug-likeness (QED) is 0.876. The molecule has 1 N–H and O–H groups in total. The van der Waals surface area contributed by atoms with E-state index >= 15 is 0 Å². The summed E-state index contributed by atoms with van der Waals surface area (Å²) in [4.78, 5) is 13.1. The standard InChI is InChI=1S/C13H15N3O2S/c1-2-18-13(17)9-8-15-16-10(5-6-14-12(9)16)11-4-3-7-19-11/h3-4,7-8,10,14H,2,5-6H2,1H3. The number of esters is 1. The number of ether oxygens (including phenoxy) is 1. The molecule has 6 heteroatoms. The van der Waals surface area contributed by atoms with Gasteiger partial charge in [-0.25, -0.2) is 9.48 Å². The van der Waals surface area contributed by atoms with Crippen molar-refractivity contribution in [1.29, 1.82) is 0 Å². The van der Waals surface area contributed by atoms with E-state index in [4.69, 9.17) is 4.74 Å². The number of hydrogen-bond acceptors (Lipinski definition) is 5. The van der Waals surface area contributed by atoms with Crippen LogP contribution in [0.4, 0.5) is 5.82 Å². The fourth-order valence-electron chi connectivity index (χ4n) is 2.33. The van der Waals surface area contributed by atoms with Crippen molar-refractivity contribution in [2.45, 2.75) is 19.4 Å². The van der Waals surface area contributed by atoms with Crippen molar-refractivity contribution in [2.24, 2.45) is 0 Å². The van der Waals surface area contributed by atoms with Crippen LogP contribution in [-0.4, -0.2) is 28.9 Å². The summed E-state index contributed by atoms with van der Waals surface area (Å²) in [6, 6.07) is 4.35. The van der Waals surface area contributed by atoms with Gasteiger partial charge in [0.15, 0.2) is 0 Å². The first-order chi connectivity index (χ1) is 9.31. The lowest BCUT2D eigenvalue weighted by molar-refractivity contribution is 0.0527. The lowest BCUT2D eigenvalue weighted by atomic mass is 10.1. The molecule has 3 heterocycles. The van der Waals surface area contributed by atoms with E-state index in [1.54, 1.807) is 24.5 Å². The van der Waals surface area contributed by atoms with Gasteiger partial charge in [-0.1, -0.05) is 6.07 Å². The van der Waals surface area contributed by atoms with Gasteiger partial charge >= 0.3 is 5.97 Å². The molecule has 0 aliphatic carbocycles. The van der Waals surface area contributed by atoms with Gasteiger partial charge < -0.3 is 10.1 Å². The fourth-order valence-corrected chi connectivity index (χ4v) is 3.17. The van der Waals surface area contributed by atoms with E-state index in [1.807, 2.05) is 10.7 Å². The molecule has 2 aromatic rings. The first-order valence-corrected chi connectivity index (χ1v) is 7.21. The number of carbonyl (C=O) groups excluding carboxylic acids is 1. The third-order valence-electron chi connectivity index (χ3n) is 3.17. The topological polar surface area (TPSA) is 56.1 Å². The molecule has 0 spiro atoms. The summed E-state index contributed by atoms with van der Waals surface area (Å²) in [5.41, 5.74) is 0.517. The van der Waals surface area contributed by atoms with Crippen LogP contribution in [-0.2, 0) is 4.74 Å². The van der Waals surface area contributed by atoms with Gasteiger partial charge in [0.2, 0.25) is 0 Å². The molecule has 2 aromatic heterocycles. The number of hydrogen-bond donors (Lipinski definition) is 1. The maximum atomic E-state index is 11.9. The number of anilines is 1. The zero-order chi connectivity index (χ0) is 13.2. The first-order valence-electron chi connectivity index (χ1n) is 6.33. The molecule has 3 rings (SSSR count). The average Bonchev–Trinajstić information content (AvgIpc) is 3.08. The van der Waals surface area contributed by atoms with Crippen molar-refractivity contribution in [3.63, 3.8) is 0 Å². The van der Waals surface area contributed by atoms with E-state index in [2.05, 4.69) is 21.9 Å². The molecule has 19 heavy (non-hydrogen) atoms. The van der Waals surface area contributed by atoms with Crippen molar-refractivity contribution in [2.75, 3.05) is 18.5 Å². The van der Waals surface area contributed by atoms with Crippen molar-refractivity contribution in [1.82, 2.24) is 9.78 Å². The van der Waals surface area contributed by atoms with E-state index in [1.165, 1.54) is 4.88 Å². The van der Waals surface area contributed by atoms with Gasteiger partial charge in [0, 0.05) is 11.4 Å². The monoisotopic (exact) mass is 277 g/mol. The second-order valence-corrected chi connectivity index (χ2v) is 5.30. The minimum Gasteiger partial charge on any atom is -0.462 e. The summed E-state index contributed by atoms with van der Waals surface area (Å²) < 4.78 is 6.94. The Morgan fingerprint density at radius 3 is 3.32 bits per heavy atom. The molecule has 0 saturated carbocycles. The Kier molecular flexibility index (Phi) is 3.25. The Balaban J connectivity index is 1.96. The molecular formula is C13H15N3O2S. The minimum atomic E-state index is -0.317. The van der Waals surface area contributed by atoms with E-state index < -0.39 is 0 Å². The van der Waals surface area contributed by atoms with Crippen LogP contribution in [0, 0.1) is 0 Å². The summed E-state index contributed by atoms with van der Waals surface area (Å²) >= 11 is 1.72. The normalized spacial score (nSPS) is 17.6. The van der Waals surface area contributed by atoms with E-state index in [-0.39, 0.29) is 12.0 Å². The summed E-state index contributed by atoms with van der Waals surface area (Å²) in [7, 11) is 0. The number of fused-ring (bicyclic) bond motifs is 1. The predicted octanol–water partition coefficient (Wildman–Crippen LogP) is 2.53. The molecule has 0 saturated heterocycles. The summed E-state index contributed by atoms with van der Waals surface area (Å²) in [5, 5.41) is 9.67. The molecule has 1 atom stereocenters. The summed E-state index contributed by atoms with van der Waals surface area (Å²) in [6.45, 7) is 3.01. The third kappa shape index (κ3) is 2.12. The van der Waals surface area contributed by atoms with Crippen LogP contribution in [0.1, 0.15) is 34.6 Å². The molecule has 0 fully saturated rings. The number of nitrogens with zero attached hydrogens (tertiary/aromatic N) is 2. The Labute approximate surface area is 115 Å². The number of nitrogens with one attached hydrogen (secondary N) is 1. The molecular weight excluding hydrogens is 262 g/mol. The molecule has 0 radical (unpaired) electrons. The van der Waals surface area contributed by atoms with Crippen LogP contribution >= 0.6 is 11.3 Å². The number of carbonyl (C=O) groups is 1. The van der Waals surface area contributed by atoms with Gasteiger partial charge in [0.1, 0.15) is 11.4 Å². The predicted molar refractivity (Wildman–Crippen MR) is 73.7 cm³/mol. The fraction of sp³-hybridized carbons (Fsp3) is 0.385. The minimum absolute atomic E-state index is 0.208. The zero-order valence-electron chi connectivity index (χ0n) is 10.6. The van der Waals surface area contributed by atoms with Crippen molar-refractivity contribution >= 4 is 23.1 Å². The lowest BCUT2D eigenvalue weighted by Crippen LogP contribution is -2.25. The van der Waals surface area contributed by atoms with Gasteiger partial charge in [0.05, 0.1) is 18.8 Å². The average molecular weight is 277 g/mol. The Bertz CT molecular complexity index is 577. The van der Waals surface area contributed by atoms with E-state index in [9.17, 15) is 4.79 Å². The highest BCUT2D eigenvalue weighted by Gasteiger charge is 2.27. The molecule has 0 bridgehead atoms. The maximum Gasteiger partial charge on any atom is 0.343 e. The van der Waals surface area contributed by atoms with Crippen LogP contribution in [0.15, 0.2) is 23.7 Å². The molecule has 0 aromatic carbocycles. The molecule has 5 nitrogen and oxygen atoms in total. The van der Waals surface area contributed by atoms with Gasteiger partial charge in [-0.3, -0.25) is 0 Å². The Morgan fingerprint density at radius 1 is 1.68 bits per heavy atom. The lowest BCUT2D eigenvalue weighted by Gasteiger charge is -2.25. The number of rotatable bonds is 3. The van der Waals surface area contributed by atoms with E-state index in [0.29, 0.717) is 12.2 Å². The Morgan fingerprint density at radius 2 is 2.58 bits per heavy atom. The molecule has 100 valence electrons. The molecule has 1 unspecified atom stereocenters. The van der Waals surface area contributed by atoms with Crippen LogP contribution in [0.3, 0.4) is 0 Å². The maximum absolute atomic E-state index is 11.9. The third-order valence-corrected chi connectivity index (χ3v) is 4.14. The van der Waals surface area contributed by atoms with Gasteiger partial charge in [-0.15, -0.1) is 11.3 Å². The summed E-state index contributed by atoms with van der Waals surface area (Å²) in [5.74, 6) is 0.450. The summed E-state index contributed by atoms with van der Waals surface area (Å²) in [6.07, 6.45) is 2.56. The van der Waals surface area contributed by atoms with Crippen LogP contribution in [0.25, 0.3) is 0 Å². The van der Waals surface area contributed by atoms with E-state index in [0.717, 1.165) is 18.8 Å². The van der Waals surface area contributed by atoms with Gasteiger partial charge in [-0.2, -0.15) is 5.10 Å². The highest BCUT2D eigenvalue weighted by molar-refractivity contribution is 7.10. The number of aromatic nitrogens is 2. The van der Waals surface area contributed by atoms with Crippen molar-refractivity contribution in [3.8, 4) is 0 Å². The second-order valence-electron chi connectivity index (χ2n) is 4.32. The smallest absolute Gasteiger partial charge is 0.343 e. The molecule has 1 aliphatic heterocycles. The van der Waals surface area contributed by atoms with Crippen LogP contribution in [0.5, 0.6) is 0 Å². The van der Waals surface area contributed by atoms with Gasteiger partial charge in [0.25, 0.3) is 0 Å². The first kappa shape index (κ1) is 12.2. The zero-order valence-corrected chi connectivity index (χ0v) is 11.4. The van der Waals surface area contributed by atoms with Crippen molar-refractivity contribution < 1.29 is 9.53 Å². The Hall–Kier alpha value is -1.82. The highest BCUT2D eigenvalue weighted by Crippen LogP contribution is 2.33. The SMILES string of the molecule is CCOC(=O)c1cnn2c1NCCC2c1cccs1. The van der Waals surface area contributed by atoms with Crippen LogP contribution in [0.2, 0.25) is 0 Å². The molecule has 1 aliphatic rings. The largest absolute Gasteiger partial charge is 0.462 e. The number of thiophene rings is 1. The highest BCUT2D eigenvalue weighted by atomic mass is 32.1. The molecule has 0 amide bonds. The van der Waals surface area contributed by atoms with Crippen LogP contribution < -0.4 is 5.32 Å².